The highest BCUT2D eigenvalue weighted by atomic mass is 35.5. The number of pyridine rings is 1. The molecular formula is C18H18ClN5O3. The van der Waals surface area contributed by atoms with Crippen LogP contribution in [-0.4, -0.2) is 25.9 Å². The van der Waals surface area contributed by atoms with Crippen LogP contribution in [0.5, 0.6) is 0 Å². The molecule has 2 N–H and O–H groups in total. The number of amides is 2. The van der Waals surface area contributed by atoms with Crippen LogP contribution in [0.4, 0.5) is 11.5 Å². The topological polar surface area (TPSA) is 98.0 Å². The van der Waals surface area contributed by atoms with Crippen LogP contribution in [0.3, 0.4) is 0 Å². The third-order valence-electron chi connectivity index (χ3n) is 4.10. The molecule has 27 heavy (non-hydrogen) atoms. The number of hydrogen-bond acceptors (Lipinski definition) is 4. The Kier molecular flexibility index (Phi) is 5.27. The number of fused-ring (bicyclic) bond motifs is 1. The number of nitrogens with zero attached hydrogens (tertiary/aromatic N) is 3. The molecule has 0 saturated carbocycles. The molecule has 1 aromatic carbocycles. The fourth-order valence-electron chi connectivity index (χ4n) is 2.65. The lowest BCUT2D eigenvalue weighted by molar-refractivity contribution is -0.121. The number of benzene rings is 1. The monoisotopic (exact) mass is 387 g/mol. The molecule has 0 aliphatic heterocycles. The summed E-state index contributed by atoms with van der Waals surface area (Å²) in [5.41, 5.74) is 1.44. The molecule has 2 heterocycles. The number of carbonyl (C=O) groups excluding carboxylic acids is 2. The van der Waals surface area contributed by atoms with Gasteiger partial charge in [-0.05, 0) is 24.3 Å². The van der Waals surface area contributed by atoms with E-state index in [9.17, 15) is 14.4 Å². The van der Waals surface area contributed by atoms with E-state index >= 15 is 0 Å². The number of aryl methyl sites for hydroxylation is 2. The fraction of sp³-hybridized carbons (Fsp3) is 0.222. The van der Waals surface area contributed by atoms with Gasteiger partial charge in [-0.15, -0.1) is 0 Å². The van der Waals surface area contributed by atoms with E-state index in [1.54, 1.807) is 50.5 Å². The van der Waals surface area contributed by atoms with Gasteiger partial charge in [0.25, 0.3) is 0 Å². The van der Waals surface area contributed by atoms with Crippen LogP contribution in [-0.2, 0) is 23.7 Å². The largest absolute Gasteiger partial charge is 0.329 e. The molecule has 8 nitrogen and oxygen atoms in total. The van der Waals surface area contributed by atoms with Gasteiger partial charge in [0.2, 0.25) is 11.8 Å². The first-order chi connectivity index (χ1) is 12.9. The van der Waals surface area contributed by atoms with Gasteiger partial charge in [0.15, 0.2) is 5.65 Å². The molecule has 0 unspecified atom stereocenters. The molecule has 0 radical (unpaired) electrons. The summed E-state index contributed by atoms with van der Waals surface area (Å²) in [4.78, 5) is 40.3. The molecule has 0 aliphatic rings. The predicted molar refractivity (Wildman–Crippen MR) is 104 cm³/mol. The summed E-state index contributed by atoms with van der Waals surface area (Å²) in [5.74, 6) is -0.343. The van der Waals surface area contributed by atoms with Crippen molar-refractivity contribution in [1.82, 2.24) is 14.1 Å². The van der Waals surface area contributed by atoms with E-state index in [2.05, 4.69) is 15.6 Å². The molecule has 2 amide bonds. The first-order valence-corrected chi connectivity index (χ1v) is 8.61. The minimum atomic E-state index is -0.350. The smallest absolute Gasteiger partial charge is 0.325 e. The van der Waals surface area contributed by atoms with Gasteiger partial charge in [-0.2, -0.15) is 0 Å². The van der Waals surface area contributed by atoms with Crippen molar-refractivity contribution in [3.8, 4) is 0 Å². The highest BCUT2D eigenvalue weighted by Gasteiger charge is 2.12. The van der Waals surface area contributed by atoms with E-state index in [1.165, 1.54) is 9.13 Å². The van der Waals surface area contributed by atoms with E-state index in [0.717, 1.165) is 0 Å². The van der Waals surface area contributed by atoms with Crippen LogP contribution in [0.2, 0.25) is 5.02 Å². The molecule has 0 spiro atoms. The van der Waals surface area contributed by atoms with Crippen molar-refractivity contribution >= 4 is 46.1 Å². The zero-order valence-corrected chi connectivity index (χ0v) is 15.6. The molecule has 0 atom stereocenters. The lowest BCUT2D eigenvalue weighted by Gasteiger charge is -2.07. The summed E-state index contributed by atoms with van der Waals surface area (Å²) in [6, 6.07) is 10.2. The Morgan fingerprint density at radius 2 is 1.67 bits per heavy atom. The highest BCUT2D eigenvalue weighted by molar-refractivity contribution is 6.33. The molecule has 0 aliphatic carbocycles. The van der Waals surface area contributed by atoms with Crippen molar-refractivity contribution in [3.63, 3.8) is 0 Å². The summed E-state index contributed by atoms with van der Waals surface area (Å²) >= 11 is 5.98. The van der Waals surface area contributed by atoms with Crippen molar-refractivity contribution < 1.29 is 9.59 Å². The lowest BCUT2D eigenvalue weighted by atomic mass is 10.2. The average molecular weight is 388 g/mol. The average Bonchev–Trinajstić information content (AvgIpc) is 2.86. The van der Waals surface area contributed by atoms with E-state index in [-0.39, 0.29) is 30.3 Å². The second kappa shape index (κ2) is 7.63. The number of hydrogen-bond donors (Lipinski definition) is 2. The number of para-hydroxylation sites is 1. The Morgan fingerprint density at radius 3 is 2.37 bits per heavy atom. The van der Waals surface area contributed by atoms with Gasteiger partial charge in [0.05, 0.1) is 16.2 Å². The van der Waals surface area contributed by atoms with Crippen molar-refractivity contribution in [3.05, 3.63) is 51.9 Å². The molecule has 2 aromatic heterocycles. The number of halogens is 1. The fourth-order valence-corrected chi connectivity index (χ4v) is 2.83. The van der Waals surface area contributed by atoms with Gasteiger partial charge >= 0.3 is 5.69 Å². The van der Waals surface area contributed by atoms with Crippen LogP contribution in [0, 0.1) is 0 Å². The third-order valence-corrected chi connectivity index (χ3v) is 4.43. The Hall–Kier alpha value is -3.13. The lowest BCUT2D eigenvalue weighted by Crippen LogP contribution is -2.19. The quantitative estimate of drug-likeness (QED) is 0.701. The number of rotatable bonds is 5. The second-order valence-corrected chi connectivity index (χ2v) is 6.42. The molecular weight excluding hydrogens is 370 g/mol. The first kappa shape index (κ1) is 18.7. The standard InChI is InChI=1S/C18H18ClN5O3/c1-23-13-7-8-14(22-17(13)24(2)18(23)27)21-16(26)10-9-15(25)20-12-6-4-3-5-11(12)19/h3-8H,9-10H2,1-2H3,(H,20,25)(H,21,22,26). The number of anilines is 2. The number of nitrogens with one attached hydrogen (secondary N) is 2. The van der Waals surface area contributed by atoms with Gasteiger partial charge in [-0.25, -0.2) is 9.78 Å². The van der Waals surface area contributed by atoms with E-state index in [1.807, 2.05) is 0 Å². The summed E-state index contributed by atoms with van der Waals surface area (Å²) < 4.78 is 2.88. The van der Waals surface area contributed by atoms with Crippen molar-refractivity contribution in [1.29, 1.82) is 0 Å². The maximum absolute atomic E-state index is 12.1. The first-order valence-electron chi connectivity index (χ1n) is 8.23. The SMILES string of the molecule is Cn1c(=O)n(C)c2nc(NC(=O)CCC(=O)Nc3ccccc3Cl)ccc21. The van der Waals surface area contributed by atoms with Crippen molar-refractivity contribution in [2.24, 2.45) is 14.1 Å². The van der Waals surface area contributed by atoms with Crippen LogP contribution in [0.1, 0.15) is 12.8 Å². The molecule has 3 aromatic rings. The van der Waals surface area contributed by atoms with E-state index < -0.39 is 0 Å². The number of imidazole rings is 1. The summed E-state index contributed by atoms with van der Waals surface area (Å²) in [5, 5.41) is 5.73. The van der Waals surface area contributed by atoms with Crippen molar-refractivity contribution in [2.45, 2.75) is 12.8 Å². The maximum Gasteiger partial charge on any atom is 0.329 e. The Balaban J connectivity index is 1.60. The van der Waals surface area contributed by atoms with Gasteiger partial charge in [-0.3, -0.25) is 18.7 Å². The normalized spacial score (nSPS) is 10.8. The van der Waals surface area contributed by atoms with Gasteiger partial charge < -0.3 is 10.6 Å². The van der Waals surface area contributed by atoms with Crippen LogP contribution in [0.15, 0.2) is 41.2 Å². The Bertz CT molecular complexity index is 1090. The number of aromatic nitrogens is 3. The Labute approximate surface area is 159 Å². The molecule has 9 heteroatoms. The summed E-state index contributed by atoms with van der Waals surface area (Å²) in [6.07, 6.45) is -0.00710. The van der Waals surface area contributed by atoms with Gasteiger partial charge in [0, 0.05) is 26.9 Å². The van der Waals surface area contributed by atoms with Gasteiger partial charge in [0.1, 0.15) is 5.82 Å². The molecule has 0 bridgehead atoms. The molecule has 0 saturated heterocycles. The number of carbonyl (C=O) groups is 2. The molecule has 0 fully saturated rings. The second-order valence-electron chi connectivity index (χ2n) is 6.02. The van der Waals surface area contributed by atoms with Crippen LogP contribution in [0.25, 0.3) is 11.2 Å². The minimum absolute atomic E-state index is 0.00310. The molecule has 140 valence electrons. The van der Waals surface area contributed by atoms with E-state index in [4.69, 9.17) is 11.6 Å². The van der Waals surface area contributed by atoms with Crippen LogP contribution < -0.4 is 16.3 Å². The zero-order valence-electron chi connectivity index (χ0n) is 14.8. The Morgan fingerprint density at radius 1 is 1.00 bits per heavy atom. The van der Waals surface area contributed by atoms with E-state index in [0.29, 0.717) is 27.7 Å². The summed E-state index contributed by atoms with van der Waals surface area (Å²) in [7, 11) is 3.27. The minimum Gasteiger partial charge on any atom is -0.325 e. The summed E-state index contributed by atoms with van der Waals surface area (Å²) in [6.45, 7) is 0. The zero-order chi connectivity index (χ0) is 19.6. The molecule has 3 rings (SSSR count). The highest BCUT2D eigenvalue weighted by Crippen LogP contribution is 2.20. The maximum atomic E-state index is 12.1. The third kappa shape index (κ3) is 4.01. The van der Waals surface area contributed by atoms with Crippen molar-refractivity contribution in [2.75, 3.05) is 10.6 Å². The van der Waals surface area contributed by atoms with Gasteiger partial charge in [-0.1, -0.05) is 23.7 Å². The van der Waals surface area contributed by atoms with Crippen LogP contribution >= 0.6 is 11.6 Å². The predicted octanol–water partition coefficient (Wildman–Crippen LogP) is 2.28.